The largest absolute Gasteiger partial charge is 0.492 e. The first-order valence-electron chi connectivity index (χ1n) is 11.9. The topological polar surface area (TPSA) is 69.9 Å². The lowest BCUT2D eigenvalue weighted by molar-refractivity contribution is -0.0267. The van der Waals surface area contributed by atoms with Crippen LogP contribution in [0.4, 0.5) is 0 Å². The lowest BCUT2D eigenvalue weighted by Crippen LogP contribution is -2.40. The molecule has 0 saturated carbocycles. The van der Waals surface area contributed by atoms with Gasteiger partial charge in [-0.15, -0.1) is 0 Å². The molecule has 0 unspecified atom stereocenters. The number of aliphatic hydroxyl groups is 3. The van der Waals surface area contributed by atoms with Crippen LogP contribution in [0, 0.1) is 23.2 Å². The van der Waals surface area contributed by atoms with Gasteiger partial charge in [-0.3, -0.25) is 0 Å². The zero-order valence-corrected chi connectivity index (χ0v) is 22.6. The second-order valence-corrected chi connectivity index (χ2v) is 13.7. The van der Waals surface area contributed by atoms with Crippen LogP contribution in [0.1, 0.15) is 98.8 Å². The summed E-state index contributed by atoms with van der Waals surface area (Å²) in [6.07, 6.45) is 1.95. The molecule has 186 valence electrons. The minimum Gasteiger partial charge on any atom is -0.492 e. The van der Waals surface area contributed by atoms with Crippen LogP contribution in [0.25, 0.3) is 0 Å². The molecule has 0 aliphatic carbocycles. The van der Waals surface area contributed by atoms with Crippen LogP contribution in [0.3, 0.4) is 0 Å². The minimum atomic E-state index is -1.08. The summed E-state index contributed by atoms with van der Waals surface area (Å²) in [4.78, 5) is 0. The van der Waals surface area contributed by atoms with Crippen molar-refractivity contribution in [2.45, 2.75) is 99.8 Å². The fourth-order valence-corrected chi connectivity index (χ4v) is 5.29. The fraction of sp³-hybridized carbons (Fsp3) is 0.786. The van der Waals surface area contributed by atoms with E-state index in [-0.39, 0.29) is 48.1 Å². The molecule has 0 bridgehead atoms. The van der Waals surface area contributed by atoms with Crippen molar-refractivity contribution in [2.75, 3.05) is 26.4 Å². The lowest BCUT2D eigenvalue weighted by atomic mass is 9.68. The Bertz CT molecular complexity index is 686. The van der Waals surface area contributed by atoms with E-state index in [0.717, 1.165) is 29.7 Å². The number of hydrogen-bond donors (Lipinski definition) is 3. The molecule has 1 aromatic rings. The Balaban J connectivity index is 3.74. The first-order valence-corrected chi connectivity index (χ1v) is 11.9. The number of benzene rings is 1. The highest BCUT2D eigenvalue weighted by atomic mass is 16.5. The van der Waals surface area contributed by atoms with Gasteiger partial charge < -0.3 is 20.1 Å². The molecule has 3 N–H and O–H groups in total. The SMILES string of the molecule is Cc1cc(C(C)(C)CC(C)(C)C)c(OCC(CO)(CO)CO)c(C(C)(C)CC(C)(C)C)c1. The summed E-state index contributed by atoms with van der Waals surface area (Å²) in [5, 5.41) is 29.6. The maximum absolute atomic E-state index is 9.86. The number of hydrogen-bond acceptors (Lipinski definition) is 4. The van der Waals surface area contributed by atoms with Crippen LogP contribution in [0.2, 0.25) is 0 Å². The Morgan fingerprint density at radius 3 is 1.28 bits per heavy atom. The van der Waals surface area contributed by atoms with Crippen LogP contribution in [-0.4, -0.2) is 41.7 Å². The summed E-state index contributed by atoms with van der Waals surface area (Å²) in [5.41, 5.74) is 2.39. The Morgan fingerprint density at radius 1 is 0.656 bits per heavy atom. The van der Waals surface area contributed by atoms with E-state index in [1.54, 1.807) is 0 Å². The molecule has 1 aromatic carbocycles. The third-order valence-corrected chi connectivity index (χ3v) is 6.16. The van der Waals surface area contributed by atoms with Crippen molar-refractivity contribution >= 4 is 0 Å². The number of aryl methyl sites for hydroxylation is 1. The summed E-state index contributed by atoms with van der Waals surface area (Å²) in [5.74, 6) is 0.832. The van der Waals surface area contributed by atoms with Crippen molar-refractivity contribution in [1.29, 1.82) is 0 Å². The summed E-state index contributed by atoms with van der Waals surface area (Å²) in [6, 6.07) is 4.44. The number of aliphatic hydroxyl groups excluding tert-OH is 3. The van der Waals surface area contributed by atoms with Crippen LogP contribution < -0.4 is 4.74 Å². The highest BCUT2D eigenvalue weighted by molar-refractivity contribution is 5.51. The summed E-state index contributed by atoms with van der Waals surface area (Å²) < 4.78 is 6.48. The molecule has 0 amide bonds. The highest BCUT2D eigenvalue weighted by Crippen LogP contribution is 2.47. The van der Waals surface area contributed by atoms with Crippen LogP contribution in [0.5, 0.6) is 5.75 Å². The van der Waals surface area contributed by atoms with Gasteiger partial charge in [0.25, 0.3) is 0 Å². The van der Waals surface area contributed by atoms with Crippen molar-refractivity contribution in [3.63, 3.8) is 0 Å². The second-order valence-electron chi connectivity index (χ2n) is 13.7. The Kier molecular flexibility index (Phi) is 9.07. The van der Waals surface area contributed by atoms with Gasteiger partial charge in [-0.2, -0.15) is 0 Å². The molecule has 1 rings (SSSR count). The van der Waals surface area contributed by atoms with Crippen molar-refractivity contribution < 1.29 is 20.1 Å². The molecule has 4 heteroatoms. The molecule has 0 aromatic heterocycles. The molecule has 4 nitrogen and oxygen atoms in total. The molecule has 0 heterocycles. The van der Waals surface area contributed by atoms with Crippen molar-refractivity contribution in [3.8, 4) is 5.75 Å². The number of ether oxygens (including phenoxy) is 1. The van der Waals surface area contributed by atoms with Gasteiger partial charge in [0, 0.05) is 11.1 Å². The van der Waals surface area contributed by atoms with E-state index < -0.39 is 5.41 Å². The highest BCUT2D eigenvalue weighted by Gasteiger charge is 2.37. The fourth-order valence-electron chi connectivity index (χ4n) is 5.29. The monoisotopic (exact) mass is 450 g/mol. The summed E-state index contributed by atoms with van der Waals surface area (Å²) in [6.45, 7) is 23.7. The molecule has 0 fully saturated rings. The summed E-state index contributed by atoms with van der Waals surface area (Å²) in [7, 11) is 0. The van der Waals surface area contributed by atoms with E-state index >= 15 is 0 Å². The van der Waals surface area contributed by atoms with Gasteiger partial charge in [-0.05, 0) is 41.4 Å². The molecule has 0 atom stereocenters. The predicted molar refractivity (Wildman–Crippen MR) is 135 cm³/mol. The average Bonchev–Trinajstić information content (AvgIpc) is 2.59. The zero-order chi connectivity index (χ0) is 25.2. The Morgan fingerprint density at radius 2 is 1.00 bits per heavy atom. The molecule has 32 heavy (non-hydrogen) atoms. The van der Waals surface area contributed by atoms with E-state index in [2.05, 4.69) is 88.3 Å². The van der Waals surface area contributed by atoms with Gasteiger partial charge in [-0.25, -0.2) is 0 Å². The van der Waals surface area contributed by atoms with E-state index in [0.29, 0.717) is 0 Å². The average molecular weight is 451 g/mol. The molecule has 0 radical (unpaired) electrons. The van der Waals surface area contributed by atoms with Crippen LogP contribution in [0.15, 0.2) is 12.1 Å². The zero-order valence-electron chi connectivity index (χ0n) is 22.6. The third-order valence-electron chi connectivity index (χ3n) is 6.16. The minimum absolute atomic E-state index is 0.0523. The van der Waals surface area contributed by atoms with Gasteiger partial charge in [0.1, 0.15) is 12.4 Å². The van der Waals surface area contributed by atoms with Crippen LogP contribution in [-0.2, 0) is 10.8 Å². The molecule has 0 saturated heterocycles. The van der Waals surface area contributed by atoms with Gasteiger partial charge in [0.2, 0.25) is 0 Å². The van der Waals surface area contributed by atoms with Gasteiger partial charge in [-0.1, -0.05) is 86.9 Å². The normalized spacial score (nSPS) is 14.1. The number of rotatable bonds is 10. The first-order chi connectivity index (χ1) is 14.3. The van der Waals surface area contributed by atoms with E-state index in [9.17, 15) is 15.3 Å². The molecule has 0 aliphatic heterocycles. The van der Waals surface area contributed by atoms with Crippen molar-refractivity contribution in [3.05, 3.63) is 28.8 Å². The van der Waals surface area contributed by atoms with E-state index in [4.69, 9.17) is 4.74 Å². The lowest BCUT2D eigenvalue weighted by Gasteiger charge is -2.39. The smallest absolute Gasteiger partial charge is 0.126 e. The Hall–Kier alpha value is -1.10. The maximum Gasteiger partial charge on any atom is 0.126 e. The summed E-state index contributed by atoms with van der Waals surface area (Å²) >= 11 is 0. The van der Waals surface area contributed by atoms with E-state index in [1.165, 1.54) is 5.56 Å². The van der Waals surface area contributed by atoms with Gasteiger partial charge >= 0.3 is 0 Å². The maximum atomic E-state index is 9.86. The standard InChI is InChI=1S/C28H50O4/c1-20-12-21(26(8,9)14-24(2,3)4)23(32-19-28(16-29,17-30)18-31)22(13-20)27(10,11)15-25(5,6)7/h12-13,29-31H,14-19H2,1-11H3. The quantitative estimate of drug-likeness (QED) is 0.423. The first kappa shape index (κ1) is 28.9. The third kappa shape index (κ3) is 7.74. The molecule has 0 spiro atoms. The molecular formula is C28H50O4. The molecule has 0 aliphatic rings. The van der Waals surface area contributed by atoms with Crippen LogP contribution >= 0.6 is 0 Å². The van der Waals surface area contributed by atoms with Crippen molar-refractivity contribution in [1.82, 2.24) is 0 Å². The van der Waals surface area contributed by atoms with E-state index in [1.807, 2.05) is 0 Å². The predicted octanol–water partition coefficient (Wildman–Crippen LogP) is 5.76. The Labute approximate surface area is 197 Å². The second kappa shape index (κ2) is 10.0. The van der Waals surface area contributed by atoms with Crippen molar-refractivity contribution in [2.24, 2.45) is 16.2 Å². The van der Waals surface area contributed by atoms with Gasteiger partial charge in [0.05, 0.1) is 25.2 Å². The van der Waals surface area contributed by atoms with Gasteiger partial charge in [0.15, 0.2) is 0 Å². The molecular weight excluding hydrogens is 400 g/mol.